The molecule has 1 unspecified atom stereocenters. The molecule has 7 heteroatoms. The molecule has 7 nitrogen and oxygen atoms in total. The molecule has 0 rings (SSSR count). The van der Waals surface area contributed by atoms with Gasteiger partial charge in [0, 0.05) is 18.3 Å². The van der Waals surface area contributed by atoms with Crippen LogP contribution in [0.15, 0.2) is 0 Å². The van der Waals surface area contributed by atoms with Crippen LogP contribution in [0.4, 0.5) is 0 Å². The van der Waals surface area contributed by atoms with Gasteiger partial charge in [-0.25, -0.2) is 0 Å². The first-order valence-electron chi connectivity index (χ1n) is 12.8. The third kappa shape index (κ3) is 19.0. The van der Waals surface area contributed by atoms with Gasteiger partial charge in [-0.05, 0) is 6.42 Å². The first kappa shape index (κ1) is 29.6. The van der Waals surface area contributed by atoms with Gasteiger partial charge in [-0.1, -0.05) is 122 Å². The van der Waals surface area contributed by atoms with Crippen LogP contribution in [0.25, 0.3) is 0 Å². The van der Waals surface area contributed by atoms with Crippen molar-refractivity contribution < 1.29 is 14.8 Å². The van der Waals surface area contributed by atoms with Crippen molar-refractivity contribution in [3.05, 3.63) is 20.2 Å². The van der Waals surface area contributed by atoms with E-state index >= 15 is 0 Å². The Balaban J connectivity index is 3.37. The highest BCUT2D eigenvalue weighted by atomic mass is 17.0. The van der Waals surface area contributed by atoms with E-state index in [0.29, 0.717) is 12.8 Å². The molecule has 0 radical (unpaired) electrons. The highest BCUT2D eigenvalue weighted by Crippen LogP contribution is 2.20. The largest absolute Gasteiger partial charge is 0.306 e. The fourth-order valence-corrected chi connectivity index (χ4v) is 3.99. The van der Waals surface area contributed by atoms with Crippen molar-refractivity contribution in [3.63, 3.8) is 0 Å². The van der Waals surface area contributed by atoms with Crippen molar-refractivity contribution in [2.24, 2.45) is 0 Å². The molecule has 0 aromatic carbocycles. The summed E-state index contributed by atoms with van der Waals surface area (Å²) < 4.78 is 0. The van der Waals surface area contributed by atoms with Crippen molar-refractivity contribution in [2.75, 3.05) is 6.61 Å². The fourth-order valence-electron chi connectivity index (χ4n) is 3.99. The van der Waals surface area contributed by atoms with E-state index in [1.807, 2.05) is 0 Å². The molecular weight excluding hydrogens is 396 g/mol. The summed E-state index contributed by atoms with van der Waals surface area (Å²) >= 11 is 0. The topological polar surface area (TPSA) is 95.5 Å². The summed E-state index contributed by atoms with van der Waals surface area (Å²) in [4.78, 5) is 25.2. The van der Waals surface area contributed by atoms with Crippen LogP contribution in [0.1, 0.15) is 142 Å². The van der Waals surface area contributed by atoms with Gasteiger partial charge in [0.2, 0.25) is 5.54 Å². The highest BCUT2D eigenvalue weighted by Gasteiger charge is 2.37. The minimum absolute atomic E-state index is 0.312. The average molecular weight is 445 g/mol. The third-order valence-electron chi connectivity index (χ3n) is 6.24. The first-order valence-corrected chi connectivity index (χ1v) is 12.8. The monoisotopic (exact) mass is 444 g/mol. The molecule has 0 aliphatic carbocycles. The molecule has 0 spiro atoms. The van der Waals surface area contributed by atoms with Crippen molar-refractivity contribution in [1.29, 1.82) is 0 Å². The maximum absolute atomic E-state index is 11.2. The third-order valence-corrected chi connectivity index (χ3v) is 6.24. The SMILES string of the molecule is CCCCCCCCCCCCCCCCCCCCCC(C)(CO[N+](=O)[O-])[N+](=O)[O-]. The zero-order valence-corrected chi connectivity index (χ0v) is 20.3. The molecule has 0 fully saturated rings. The second-order valence-corrected chi connectivity index (χ2v) is 9.37. The summed E-state index contributed by atoms with van der Waals surface area (Å²) in [6.07, 6.45) is 24.7. The molecule has 0 N–H and O–H groups in total. The van der Waals surface area contributed by atoms with Gasteiger partial charge in [-0.2, -0.15) is 0 Å². The van der Waals surface area contributed by atoms with E-state index in [1.54, 1.807) is 0 Å². The lowest BCUT2D eigenvalue weighted by Crippen LogP contribution is -2.40. The molecule has 0 aromatic heterocycles. The van der Waals surface area contributed by atoms with E-state index in [0.717, 1.165) is 12.8 Å². The van der Waals surface area contributed by atoms with Gasteiger partial charge < -0.3 is 4.84 Å². The van der Waals surface area contributed by atoms with Crippen LogP contribution in [0.2, 0.25) is 0 Å². The Hall–Kier alpha value is -1.40. The van der Waals surface area contributed by atoms with Gasteiger partial charge in [-0.3, -0.25) is 10.1 Å². The average Bonchev–Trinajstić information content (AvgIpc) is 2.73. The molecule has 1 atom stereocenters. The van der Waals surface area contributed by atoms with Crippen molar-refractivity contribution >= 4 is 0 Å². The Morgan fingerprint density at radius 3 is 1.23 bits per heavy atom. The molecule has 0 bridgehead atoms. The minimum Gasteiger partial charge on any atom is -0.306 e. The Morgan fingerprint density at radius 1 is 0.613 bits per heavy atom. The van der Waals surface area contributed by atoms with Gasteiger partial charge in [0.1, 0.15) is 0 Å². The van der Waals surface area contributed by atoms with Crippen molar-refractivity contribution in [1.82, 2.24) is 0 Å². The molecule has 0 amide bonds. The van der Waals surface area contributed by atoms with E-state index in [9.17, 15) is 20.2 Å². The lowest BCUT2D eigenvalue weighted by Gasteiger charge is -2.19. The maximum Gasteiger partial charge on any atom is 0.294 e. The molecule has 0 aromatic rings. The lowest BCUT2D eigenvalue weighted by atomic mass is 9.95. The summed E-state index contributed by atoms with van der Waals surface area (Å²) in [5, 5.41) is 20.5. The van der Waals surface area contributed by atoms with Gasteiger partial charge in [0.05, 0.1) is 0 Å². The predicted molar refractivity (Wildman–Crippen MR) is 126 cm³/mol. The van der Waals surface area contributed by atoms with Crippen LogP contribution in [0.5, 0.6) is 0 Å². The molecule has 184 valence electrons. The van der Waals surface area contributed by atoms with Gasteiger partial charge >= 0.3 is 0 Å². The van der Waals surface area contributed by atoms with Crippen LogP contribution >= 0.6 is 0 Å². The Labute approximate surface area is 190 Å². The van der Waals surface area contributed by atoms with Crippen LogP contribution in [0, 0.1) is 20.2 Å². The Morgan fingerprint density at radius 2 is 0.935 bits per heavy atom. The van der Waals surface area contributed by atoms with E-state index < -0.39 is 22.2 Å². The smallest absolute Gasteiger partial charge is 0.294 e. The lowest BCUT2D eigenvalue weighted by molar-refractivity contribution is -0.770. The summed E-state index contributed by atoms with van der Waals surface area (Å²) in [6, 6.07) is 0. The summed E-state index contributed by atoms with van der Waals surface area (Å²) in [5.74, 6) is 0. The molecule has 0 aliphatic rings. The number of unbranched alkanes of at least 4 members (excludes halogenated alkanes) is 18. The zero-order valence-electron chi connectivity index (χ0n) is 20.3. The van der Waals surface area contributed by atoms with Crippen LogP contribution in [-0.2, 0) is 4.84 Å². The van der Waals surface area contributed by atoms with Crippen molar-refractivity contribution in [2.45, 2.75) is 148 Å². The van der Waals surface area contributed by atoms with Gasteiger partial charge in [-0.15, -0.1) is 10.1 Å². The van der Waals surface area contributed by atoms with Crippen molar-refractivity contribution in [3.8, 4) is 0 Å². The van der Waals surface area contributed by atoms with Crippen LogP contribution in [-0.4, -0.2) is 22.2 Å². The van der Waals surface area contributed by atoms with Gasteiger partial charge in [0.25, 0.3) is 5.09 Å². The maximum atomic E-state index is 11.2. The van der Waals surface area contributed by atoms with E-state index in [1.165, 1.54) is 110 Å². The molecule has 0 heterocycles. The molecular formula is C24H48N2O5. The fraction of sp³-hybridized carbons (Fsp3) is 1.00. The molecule has 31 heavy (non-hydrogen) atoms. The van der Waals surface area contributed by atoms with E-state index in [-0.39, 0.29) is 0 Å². The number of nitro groups is 1. The van der Waals surface area contributed by atoms with Crippen LogP contribution < -0.4 is 0 Å². The standard InChI is InChI=1S/C24H48N2O5/c1-3-4-5-6-7-8-9-10-11-12-13-14-15-16-17-18-19-20-21-22-24(2,25(27)28)23-31-26(29)30/h3-23H2,1-2H3. The highest BCUT2D eigenvalue weighted by molar-refractivity contribution is 4.72. The number of rotatable bonds is 24. The normalized spacial score (nSPS) is 13.1. The Kier molecular flexibility index (Phi) is 19.6. The van der Waals surface area contributed by atoms with Crippen LogP contribution in [0.3, 0.4) is 0 Å². The van der Waals surface area contributed by atoms with E-state index in [4.69, 9.17) is 0 Å². The number of nitrogens with zero attached hydrogens (tertiary/aromatic N) is 2. The Bertz CT molecular complexity index is 448. The number of hydrogen-bond acceptors (Lipinski definition) is 5. The summed E-state index contributed by atoms with van der Waals surface area (Å²) in [7, 11) is 0. The molecule has 0 saturated carbocycles. The second-order valence-electron chi connectivity index (χ2n) is 9.37. The van der Waals surface area contributed by atoms with E-state index in [2.05, 4.69) is 11.8 Å². The minimum atomic E-state index is -1.37. The molecule has 0 aliphatic heterocycles. The zero-order chi connectivity index (χ0) is 23.2. The predicted octanol–water partition coefficient (Wildman–Crippen LogP) is 8.05. The first-order chi connectivity index (χ1) is 14.9. The van der Waals surface area contributed by atoms with Gasteiger partial charge in [0.15, 0.2) is 6.61 Å². The quantitative estimate of drug-likeness (QED) is 0.0852. The molecule has 0 saturated heterocycles. The second kappa shape index (κ2) is 20.5. The number of hydrogen-bond donors (Lipinski definition) is 0. The summed E-state index contributed by atoms with van der Waals surface area (Å²) in [6.45, 7) is 3.21. The summed E-state index contributed by atoms with van der Waals surface area (Å²) in [5.41, 5.74) is -1.37.